The Hall–Kier alpha value is -4.01. The largest absolute Gasteiger partial charge is 0.378 e. The van der Waals surface area contributed by atoms with E-state index in [0.29, 0.717) is 63.7 Å². The van der Waals surface area contributed by atoms with Crippen molar-refractivity contribution in [1.29, 1.82) is 0 Å². The zero-order valence-electron chi connectivity index (χ0n) is 21.8. The fourth-order valence-corrected chi connectivity index (χ4v) is 4.77. The fraction of sp³-hybridized carbons (Fsp3) is 0.290. The normalized spacial score (nSPS) is 13.5. The maximum Gasteiger partial charge on any atom is 0.257 e. The third-order valence-electron chi connectivity index (χ3n) is 6.84. The van der Waals surface area contributed by atoms with E-state index in [2.05, 4.69) is 5.32 Å². The molecule has 1 saturated heterocycles. The number of aryl methyl sites for hydroxylation is 1. The minimum atomic E-state index is -0.488. The number of halogens is 1. The van der Waals surface area contributed by atoms with Gasteiger partial charge in [0.2, 0.25) is 5.43 Å². The lowest BCUT2D eigenvalue weighted by Gasteiger charge is -2.29. The van der Waals surface area contributed by atoms with Crippen LogP contribution in [0.4, 0.5) is 10.1 Å². The number of hydrogen-bond donors (Lipinski definition) is 1. The summed E-state index contributed by atoms with van der Waals surface area (Å²) in [5.41, 5.74) is 2.53. The number of carbonyl (C=O) groups excluding carboxylic acids is 1. The molecule has 3 aromatic carbocycles. The maximum atomic E-state index is 15.3. The molecule has 1 N–H and O–H groups in total. The molecule has 7 nitrogen and oxygen atoms in total. The van der Waals surface area contributed by atoms with Crippen LogP contribution in [0.15, 0.2) is 83.8 Å². The van der Waals surface area contributed by atoms with Crippen molar-refractivity contribution >= 4 is 22.5 Å². The summed E-state index contributed by atoms with van der Waals surface area (Å²) in [7, 11) is 0. The van der Waals surface area contributed by atoms with Crippen molar-refractivity contribution in [2.45, 2.75) is 26.1 Å². The topological polar surface area (TPSA) is 72.8 Å². The molecular weight excluding hydrogens is 497 g/mol. The molecule has 0 atom stereocenters. The Bertz CT molecular complexity index is 1470. The maximum absolute atomic E-state index is 15.3. The van der Waals surface area contributed by atoms with Gasteiger partial charge in [-0.05, 0) is 29.7 Å². The van der Waals surface area contributed by atoms with Crippen LogP contribution in [0.1, 0.15) is 27.9 Å². The molecule has 39 heavy (non-hydrogen) atoms. The zero-order valence-corrected chi connectivity index (χ0v) is 21.8. The number of rotatable bonds is 10. The van der Waals surface area contributed by atoms with Crippen molar-refractivity contribution in [3.63, 3.8) is 0 Å². The average molecular weight is 530 g/mol. The molecule has 1 aliphatic rings. The van der Waals surface area contributed by atoms with Gasteiger partial charge < -0.3 is 24.3 Å². The second-order valence-corrected chi connectivity index (χ2v) is 9.55. The molecule has 0 saturated carbocycles. The lowest BCUT2D eigenvalue weighted by molar-refractivity contribution is 0.0949. The van der Waals surface area contributed by atoms with Gasteiger partial charge in [0, 0.05) is 44.4 Å². The van der Waals surface area contributed by atoms with E-state index < -0.39 is 17.2 Å². The van der Waals surface area contributed by atoms with E-state index in [1.165, 1.54) is 6.07 Å². The van der Waals surface area contributed by atoms with Gasteiger partial charge >= 0.3 is 0 Å². The number of pyridine rings is 1. The summed E-state index contributed by atoms with van der Waals surface area (Å²) in [6.45, 7) is 3.96. The number of aromatic nitrogens is 1. The Morgan fingerprint density at radius 2 is 1.67 bits per heavy atom. The summed E-state index contributed by atoms with van der Waals surface area (Å²) in [5, 5.41) is 3.01. The summed E-state index contributed by atoms with van der Waals surface area (Å²) in [5.74, 6) is -0.974. The van der Waals surface area contributed by atoms with Gasteiger partial charge in [0.05, 0.1) is 31.0 Å². The summed E-state index contributed by atoms with van der Waals surface area (Å²) < 4.78 is 28.4. The van der Waals surface area contributed by atoms with Gasteiger partial charge in [-0.2, -0.15) is 0 Å². The van der Waals surface area contributed by atoms with Crippen LogP contribution in [0.2, 0.25) is 0 Å². The Kier molecular flexibility index (Phi) is 8.65. The first-order chi connectivity index (χ1) is 19.1. The van der Waals surface area contributed by atoms with E-state index in [0.717, 1.165) is 11.1 Å². The van der Waals surface area contributed by atoms with Gasteiger partial charge in [-0.3, -0.25) is 9.59 Å². The van der Waals surface area contributed by atoms with Crippen molar-refractivity contribution < 1.29 is 18.7 Å². The minimum Gasteiger partial charge on any atom is -0.378 e. The minimum absolute atomic E-state index is 0.0119. The van der Waals surface area contributed by atoms with Gasteiger partial charge in [0.15, 0.2) is 0 Å². The number of nitrogens with zero attached hydrogens (tertiary/aromatic N) is 2. The van der Waals surface area contributed by atoms with Crippen LogP contribution < -0.4 is 15.6 Å². The number of hydrogen-bond acceptors (Lipinski definition) is 5. The molecule has 5 rings (SSSR count). The number of carbonyl (C=O) groups is 1. The highest BCUT2D eigenvalue weighted by atomic mass is 19.1. The van der Waals surface area contributed by atoms with Crippen molar-refractivity contribution in [2.24, 2.45) is 0 Å². The summed E-state index contributed by atoms with van der Waals surface area (Å²) in [4.78, 5) is 28.4. The molecular formula is C31H32FN3O4. The molecule has 0 bridgehead atoms. The molecule has 8 heteroatoms. The molecule has 0 aliphatic carbocycles. The van der Waals surface area contributed by atoms with E-state index in [-0.39, 0.29) is 17.5 Å². The first-order valence-electron chi connectivity index (χ1n) is 13.2. The van der Waals surface area contributed by atoms with Gasteiger partial charge in [-0.15, -0.1) is 0 Å². The predicted molar refractivity (Wildman–Crippen MR) is 150 cm³/mol. The van der Waals surface area contributed by atoms with E-state index in [9.17, 15) is 9.59 Å². The number of fused-ring (bicyclic) bond motifs is 1. The Balaban J connectivity index is 1.41. The first-order valence-corrected chi connectivity index (χ1v) is 13.2. The highest BCUT2D eigenvalue weighted by Crippen LogP contribution is 2.26. The van der Waals surface area contributed by atoms with Crippen molar-refractivity contribution in [3.8, 4) is 0 Å². The Morgan fingerprint density at radius 3 is 2.38 bits per heavy atom. The summed E-state index contributed by atoms with van der Waals surface area (Å²) in [6.07, 6.45) is 2.24. The van der Waals surface area contributed by atoms with Crippen molar-refractivity contribution in [2.75, 3.05) is 37.8 Å². The molecule has 2 heterocycles. The molecule has 0 unspecified atom stereocenters. The van der Waals surface area contributed by atoms with Crippen LogP contribution >= 0.6 is 0 Å². The fourth-order valence-electron chi connectivity index (χ4n) is 4.77. The standard InChI is InChI=1S/C31H32FN3O4/c32-27-18-25-28(19-29(27)34-13-16-38-17-14-34)35(12-7-15-39-22-24-10-5-2-6-11-24)21-26(30(25)36)31(37)33-20-23-8-3-1-4-9-23/h1-6,8-11,18-19,21H,7,12-17,20,22H2,(H,33,37). The Morgan fingerprint density at radius 1 is 0.974 bits per heavy atom. The third kappa shape index (κ3) is 6.53. The lowest BCUT2D eigenvalue weighted by atomic mass is 10.1. The number of morpholine rings is 1. The van der Waals surface area contributed by atoms with Gasteiger partial charge in [-0.1, -0.05) is 60.7 Å². The monoisotopic (exact) mass is 529 g/mol. The van der Waals surface area contributed by atoms with Gasteiger partial charge in [0.25, 0.3) is 5.91 Å². The van der Waals surface area contributed by atoms with Crippen LogP contribution in [0.25, 0.3) is 10.9 Å². The highest BCUT2D eigenvalue weighted by molar-refractivity contribution is 5.97. The first kappa shape index (κ1) is 26.6. The van der Waals surface area contributed by atoms with Crippen LogP contribution in [0.3, 0.4) is 0 Å². The van der Waals surface area contributed by atoms with Crippen LogP contribution in [0, 0.1) is 5.82 Å². The molecule has 1 fully saturated rings. The number of amides is 1. The molecule has 1 aromatic heterocycles. The smallest absolute Gasteiger partial charge is 0.257 e. The predicted octanol–water partition coefficient (Wildman–Crippen LogP) is 4.51. The molecule has 202 valence electrons. The van der Waals surface area contributed by atoms with E-state index in [4.69, 9.17) is 9.47 Å². The molecule has 4 aromatic rings. The van der Waals surface area contributed by atoms with Gasteiger partial charge in [0.1, 0.15) is 11.4 Å². The third-order valence-corrected chi connectivity index (χ3v) is 6.84. The van der Waals surface area contributed by atoms with Crippen molar-refractivity contribution in [1.82, 2.24) is 9.88 Å². The molecule has 1 aliphatic heterocycles. The molecule has 1 amide bonds. The summed E-state index contributed by atoms with van der Waals surface area (Å²) >= 11 is 0. The van der Waals surface area contributed by atoms with Crippen LogP contribution in [-0.2, 0) is 29.2 Å². The van der Waals surface area contributed by atoms with Crippen LogP contribution in [0.5, 0.6) is 0 Å². The lowest BCUT2D eigenvalue weighted by Crippen LogP contribution is -2.37. The summed E-state index contributed by atoms with van der Waals surface area (Å²) in [6, 6.07) is 22.4. The second-order valence-electron chi connectivity index (χ2n) is 9.55. The molecule has 0 spiro atoms. The van der Waals surface area contributed by atoms with E-state index in [1.54, 1.807) is 12.3 Å². The quantitative estimate of drug-likeness (QED) is 0.306. The van der Waals surface area contributed by atoms with E-state index >= 15 is 4.39 Å². The number of anilines is 1. The number of benzene rings is 3. The SMILES string of the molecule is O=C(NCc1ccccc1)c1cn(CCCOCc2ccccc2)c2cc(N3CCOCC3)c(F)cc2c1=O. The highest BCUT2D eigenvalue weighted by Gasteiger charge is 2.21. The molecule has 0 radical (unpaired) electrons. The number of ether oxygens (including phenoxy) is 2. The zero-order chi connectivity index (χ0) is 27.0. The van der Waals surface area contributed by atoms with Crippen molar-refractivity contribution in [3.05, 3.63) is 112 Å². The van der Waals surface area contributed by atoms with E-state index in [1.807, 2.05) is 70.1 Å². The van der Waals surface area contributed by atoms with Gasteiger partial charge in [-0.25, -0.2) is 4.39 Å². The second kappa shape index (κ2) is 12.7. The Labute approximate surface area is 226 Å². The average Bonchev–Trinajstić information content (AvgIpc) is 2.98. The number of nitrogens with one attached hydrogen (secondary N) is 1. The van der Waals surface area contributed by atoms with Crippen LogP contribution in [-0.4, -0.2) is 43.4 Å².